The van der Waals surface area contributed by atoms with Crippen LogP contribution >= 0.6 is 0 Å². The Morgan fingerprint density at radius 2 is 1.69 bits per heavy atom. The first-order valence-corrected chi connectivity index (χ1v) is 14.3. The Balaban J connectivity index is 1.63. The number of rotatable bonds is 9. The van der Waals surface area contributed by atoms with E-state index in [1.54, 1.807) is 0 Å². The Morgan fingerprint density at radius 1 is 1.02 bits per heavy atom. The molecule has 0 unspecified atom stereocenters. The second-order valence-electron chi connectivity index (χ2n) is 9.57. The Kier molecular flexibility index (Phi) is 9.08. The molecule has 230 valence electrons. The topological polar surface area (TPSA) is 105 Å². The smallest absolute Gasteiger partial charge is 0.351 e. The van der Waals surface area contributed by atoms with Crippen LogP contribution in [0.2, 0.25) is 0 Å². The summed E-state index contributed by atoms with van der Waals surface area (Å²) < 4.78 is 134. The minimum absolute atomic E-state index is 0.0697. The number of hydrogen-bond donors (Lipinski definition) is 2. The van der Waals surface area contributed by atoms with Crippen LogP contribution in [-0.4, -0.2) is 70.6 Å². The predicted molar refractivity (Wildman–Crippen MR) is 135 cm³/mol. The number of sulfonamides is 1. The van der Waals surface area contributed by atoms with E-state index in [1.165, 1.54) is 10.4 Å². The van der Waals surface area contributed by atoms with Gasteiger partial charge in [0, 0.05) is 38.1 Å². The van der Waals surface area contributed by atoms with Crippen LogP contribution in [0.1, 0.15) is 29.5 Å². The van der Waals surface area contributed by atoms with Crippen LogP contribution in [0.5, 0.6) is 0 Å². The number of anilines is 1. The van der Waals surface area contributed by atoms with Crippen LogP contribution in [0.4, 0.5) is 41.1 Å². The number of hydrogen-bond acceptors (Lipinski definition) is 7. The fourth-order valence-corrected chi connectivity index (χ4v) is 5.29. The molecule has 4 rings (SSSR count). The van der Waals surface area contributed by atoms with Crippen LogP contribution in [0, 0.1) is 0 Å². The highest BCUT2D eigenvalue weighted by molar-refractivity contribution is 7.88. The number of alkyl halides is 8. The molecular formula is C24H25F8N7O2S. The minimum atomic E-state index is -4.91. The lowest BCUT2D eigenvalue weighted by Gasteiger charge is -2.30. The predicted octanol–water partition coefficient (Wildman–Crippen LogP) is 4.56. The van der Waals surface area contributed by atoms with Gasteiger partial charge in [-0.15, -0.1) is 0 Å². The second kappa shape index (κ2) is 12.1. The van der Waals surface area contributed by atoms with E-state index in [0.29, 0.717) is 19.0 Å². The van der Waals surface area contributed by atoms with Gasteiger partial charge in [-0.2, -0.15) is 26.3 Å². The lowest BCUT2D eigenvalue weighted by atomic mass is 10.1. The molecule has 1 aliphatic heterocycles. The van der Waals surface area contributed by atoms with Crippen LogP contribution in [0.3, 0.4) is 0 Å². The molecule has 0 bridgehead atoms. The third-order valence-corrected chi connectivity index (χ3v) is 7.75. The molecule has 0 spiro atoms. The van der Waals surface area contributed by atoms with Crippen LogP contribution < -0.4 is 10.6 Å². The number of halogens is 8. The van der Waals surface area contributed by atoms with Crippen molar-refractivity contribution in [3.8, 4) is 17.1 Å². The van der Waals surface area contributed by atoms with E-state index < -0.39 is 57.9 Å². The third kappa shape index (κ3) is 7.71. The second-order valence-corrected chi connectivity index (χ2v) is 11.6. The maximum atomic E-state index is 13.9. The molecule has 2 N–H and O–H groups in total. The lowest BCUT2D eigenvalue weighted by molar-refractivity contribution is -0.138. The molecule has 0 atom stereocenters. The van der Waals surface area contributed by atoms with Crippen LogP contribution in [-0.2, 0) is 28.9 Å². The summed E-state index contributed by atoms with van der Waals surface area (Å²) in [4.78, 5) is 11.6. The van der Waals surface area contributed by atoms with Crippen molar-refractivity contribution in [2.75, 3.05) is 31.2 Å². The van der Waals surface area contributed by atoms with E-state index in [0.717, 1.165) is 35.5 Å². The molecule has 42 heavy (non-hydrogen) atoms. The van der Waals surface area contributed by atoms with E-state index in [9.17, 15) is 43.5 Å². The SMILES string of the molecule is CS(=O)(=O)N1CCC(Nc2ncc(C(F)(F)F)c(-c3cn(-c4ccc(CNCC(F)F)cc4C(F)(F)F)cn3)n2)CC1. The summed E-state index contributed by atoms with van der Waals surface area (Å²) in [5.41, 5.74) is -3.84. The largest absolute Gasteiger partial charge is 0.420 e. The van der Waals surface area contributed by atoms with E-state index in [2.05, 4.69) is 25.6 Å². The van der Waals surface area contributed by atoms with Gasteiger partial charge in [0.15, 0.2) is 0 Å². The molecule has 3 heterocycles. The van der Waals surface area contributed by atoms with Crippen molar-refractivity contribution in [2.45, 2.75) is 44.2 Å². The lowest BCUT2D eigenvalue weighted by Crippen LogP contribution is -2.42. The molecule has 9 nitrogen and oxygen atoms in total. The van der Waals surface area contributed by atoms with Gasteiger partial charge >= 0.3 is 12.4 Å². The molecular weight excluding hydrogens is 602 g/mol. The van der Waals surface area contributed by atoms with E-state index in [1.807, 2.05) is 0 Å². The minimum Gasteiger partial charge on any atom is -0.351 e. The normalized spacial score (nSPS) is 15.9. The van der Waals surface area contributed by atoms with E-state index >= 15 is 0 Å². The highest BCUT2D eigenvalue weighted by atomic mass is 32.2. The average molecular weight is 628 g/mol. The van der Waals surface area contributed by atoms with Crippen LogP contribution in [0.25, 0.3) is 17.1 Å². The zero-order chi connectivity index (χ0) is 30.9. The average Bonchev–Trinajstić information content (AvgIpc) is 3.37. The number of nitrogens with zero attached hydrogens (tertiary/aromatic N) is 5. The summed E-state index contributed by atoms with van der Waals surface area (Å²) in [6, 6.07) is 2.75. The maximum Gasteiger partial charge on any atom is 0.420 e. The Morgan fingerprint density at radius 3 is 2.29 bits per heavy atom. The van der Waals surface area contributed by atoms with Gasteiger partial charge in [-0.3, -0.25) is 0 Å². The quantitative estimate of drug-likeness (QED) is 0.336. The third-order valence-electron chi connectivity index (χ3n) is 6.45. The monoisotopic (exact) mass is 627 g/mol. The Labute approximate surface area is 235 Å². The van der Waals surface area contributed by atoms with Crippen molar-refractivity contribution in [1.82, 2.24) is 29.1 Å². The van der Waals surface area contributed by atoms with Crippen molar-refractivity contribution >= 4 is 16.0 Å². The summed E-state index contributed by atoms with van der Waals surface area (Å²) in [5, 5.41) is 5.23. The molecule has 0 saturated carbocycles. The first-order chi connectivity index (χ1) is 19.5. The van der Waals surface area contributed by atoms with Gasteiger partial charge in [-0.1, -0.05) is 6.07 Å². The van der Waals surface area contributed by atoms with Gasteiger partial charge in [0.2, 0.25) is 16.0 Å². The van der Waals surface area contributed by atoms with Gasteiger partial charge in [0.1, 0.15) is 17.0 Å². The zero-order valence-electron chi connectivity index (χ0n) is 21.8. The Bertz CT molecular complexity index is 1500. The summed E-state index contributed by atoms with van der Waals surface area (Å²) >= 11 is 0. The molecule has 1 saturated heterocycles. The molecule has 1 aliphatic rings. The van der Waals surface area contributed by atoms with E-state index in [-0.39, 0.29) is 42.9 Å². The molecule has 0 amide bonds. The number of piperidine rings is 1. The highest BCUT2D eigenvalue weighted by Crippen LogP contribution is 2.38. The first kappa shape index (κ1) is 31.6. The molecule has 0 aliphatic carbocycles. The molecule has 2 aromatic heterocycles. The zero-order valence-corrected chi connectivity index (χ0v) is 22.7. The van der Waals surface area contributed by atoms with Crippen molar-refractivity contribution in [1.29, 1.82) is 0 Å². The number of aromatic nitrogens is 4. The number of imidazole rings is 1. The van der Waals surface area contributed by atoms with Crippen molar-refractivity contribution in [2.24, 2.45) is 0 Å². The summed E-state index contributed by atoms with van der Waals surface area (Å²) in [6.45, 7) is -0.596. The standard InChI is InChI=1S/C24H25F8N7O2S/c1-42(40,41)39-6-4-15(5-7-39)36-22-34-10-17(24(30,31)32)21(37-22)18-12-38(13-35-18)19-3-2-14(9-33-11-20(25)26)8-16(19)23(27,28)29/h2-3,8,10,12-13,15,20,33H,4-7,9,11H2,1H3,(H,34,36,37). The fourth-order valence-electron chi connectivity index (χ4n) is 4.42. The molecule has 1 aromatic carbocycles. The maximum absolute atomic E-state index is 13.9. The fraction of sp³-hybridized carbons (Fsp3) is 0.458. The van der Waals surface area contributed by atoms with Crippen molar-refractivity contribution in [3.63, 3.8) is 0 Å². The number of benzene rings is 1. The highest BCUT2D eigenvalue weighted by Gasteiger charge is 2.37. The summed E-state index contributed by atoms with van der Waals surface area (Å²) in [5.74, 6) is -0.193. The molecule has 18 heteroatoms. The van der Waals surface area contributed by atoms with Gasteiger partial charge in [-0.25, -0.2) is 36.5 Å². The van der Waals surface area contributed by atoms with Gasteiger partial charge in [0.05, 0.1) is 30.4 Å². The molecule has 3 aromatic rings. The number of nitrogens with one attached hydrogen (secondary N) is 2. The van der Waals surface area contributed by atoms with Gasteiger partial charge in [-0.05, 0) is 30.5 Å². The summed E-state index contributed by atoms with van der Waals surface area (Å²) in [6.07, 6.45) is -8.32. The van der Waals surface area contributed by atoms with Crippen molar-refractivity contribution in [3.05, 3.63) is 53.6 Å². The molecule has 1 fully saturated rings. The van der Waals surface area contributed by atoms with E-state index in [4.69, 9.17) is 0 Å². The summed E-state index contributed by atoms with van der Waals surface area (Å²) in [7, 11) is -3.39. The molecule has 0 radical (unpaired) electrons. The van der Waals surface area contributed by atoms with Crippen molar-refractivity contribution < 1.29 is 43.5 Å². The first-order valence-electron chi connectivity index (χ1n) is 12.4. The van der Waals surface area contributed by atoms with Gasteiger partial charge in [0.25, 0.3) is 6.43 Å². The van der Waals surface area contributed by atoms with Gasteiger partial charge < -0.3 is 15.2 Å². The Hall–Kier alpha value is -3.38. The van der Waals surface area contributed by atoms with Crippen LogP contribution in [0.15, 0.2) is 36.9 Å².